The molecule has 2 aromatic heterocycles. The SMILES string of the molecule is O=C(Cc1nnc(-c2ccncc2)o1)NCc1ccccc1C(F)(F)F. The van der Waals surface area contributed by atoms with E-state index < -0.39 is 17.6 Å². The van der Waals surface area contributed by atoms with Gasteiger partial charge in [0.1, 0.15) is 6.42 Å². The Bertz CT molecular complexity index is 894. The minimum Gasteiger partial charge on any atom is -0.420 e. The highest BCUT2D eigenvalue weighted by Crippen LogP contribution is 2.31. The van der Waals surface area contributed by atoms with Crippen LogP contribution in [0.25, 0.3) is 11.5 Å². The molecule has 0 radical (unpaired) electrons. The van der Waals surface area contributed by atoms with Crippen LogP contribution in [0.5, 0.6) is 0 Å². The molecule has 0 aliphatic carbocycles. The van der Waals surface area contributed by atoms with Gasteiger partial charge >= 0.3 is 6.18 Å². The molecule has 0 spiro atoms. The largest absolute Gasteiger partial charge is 0.420 e. The van der Waals surface area contributed by atoms with Crippen molar-refractivity contribution in [2.24, 2.45) is 0 Å². The van der Waals surface area contributed by atoms with E-state index in [0.717, 1.165) is 6.07 Å². The minimum atomic E-state index is -4.48. The van der Waals surface area contributed by atoms with Crippen LogP contribution in [0.3, 0.4) is 0 Å². The van der Waals surface area contributed by atoms with Gasteiger partial charge in [-0.05, 0) is 23.8 Å². The topological polar surface area (TPSA) is 80.9 Å². The van der Waals surface area contributed by atoms with Gasteiger partial charge in [0.05, 0.1) is 5.56 Å². The molecule has 0 atom stereocenters. The van der Waals surface area contributed by atoms with E-state index in [1.165, 1.54) is 18.2 Å². The summed E-state index contributed by atoms with van der Waals surface area (Å²) in [5.41, 5.74) is -0.146. The van der Waals surface area contributed by atoms with E-state index in [4.69, 9.17) is 4.42 Å². The van der Waals surface area contributed by atoms with Crippen molar-refractivity contribution in [1.29, 1.82) is 0 Å². The second-order valence-electron chi connectivity index (χ2n) is 5.35. The molecular weight excluding hydrogens is 349 g/mol. The summed E-state index contributed by atoms with van der Waals surface area (Å²) in [6.07, 6.45) is -1.59. The number of hydrogen-bond acceptors (Lipinski definition) is 5. The molecule has 6 nitrogen and oxygen atoms in total. The first-order chi connectivity index (χ1) is 12.4. The van der Waals surface area contributed by atoms with Crippen molar-refractivity contribution >= 4 is 5.91 Å². The van der Waals surface area contributed by atoms with Crippen molar-refractivity contribution in [1.82, 2.24) is 20.5 Å². The van der Waals surface area contributed by atoms with Crippen molar-refractivity contribution in [3.8, 4) is 11.5 Å². The molecule has 3 aromatic rings. The van der Waals surface area contributed by atoms with Crippen LogP contribution >= 0.6 is 0 Å². The second kappa shape index (κ2) is 7.34. The van der Waals surface area contributed by atoms with Gasteiger partial charge in [0.25, 0.3) is 0 Å². The zero-order valence-corrected chi connectivity index (χ0v) is 13.3. The predicted molar refractivity (Wildman–Crippen MR) is 84.5 cm³/mol. The third-order valence-electron chi connectivity index (χ3n) is 3.50. The Morgan fingerprint density at radius 1 is 1.08 bits per heavy atom. The first kappa shape index (κ1) is 17.6. The third-order valence-corrected chi connectivity index (χ3v) is 3.50. The zero-order valence-electron chi connectivity index (χ0n) is 13.3. The average molecular weight is 362 g/mol. The lowest BCUT2D eigenvalue weighted by atomic mass is 10.1. The molecule has 0 aliphatic heterocycles. The van der Waals surface area contributed by atoms with Gasteiger partial charge in [-0.2, -0.15) is 13.2 Å². The van der Waals surface area contributed by atoms with Gasteiger partial charge in [-0.1, -0.05) is 18.2 Å². The predicted octanol–water partition coefficient (Wildman–Crippen LogP) is 3.01. The van der Waals surface area contributed by atoms with Gasteiger partial charge in [-0.25, -0.2) is 0 Å². The Hall–Kier alpha value is -3.23. The van der Waals surface area contributed by atoms with Crippen molar-refractivity contribution in [2.45, 2.75) is 19.1 Å². The quantitative estimate of drug-likeness (QED) is 0.755. The smallest absolute Gasteiger partial charge is 0.416 e. The van der Waals surface area contributed by atoms with Gasteiger partial charge in [0.2, 0.25) is 17.7 Å². The van der Waals surface area contributed by atoms with Gasteiger partial charge < -0.3 is 9.73 Å². The van der Waals surface area contributed by atoms with E-state index in [0.29, 0.717) is 5.56 Å². The van der Waals surface area contributed by atoms with E-state index in [1.807, 2.05) is 0 Å². The van der Waals surface area contributed by atoms with E-state index in [2.05, 4.69) is 20.5 Å². The molecule has 1 N–H and O–H groups in total. The molecule has 26 heavy (non-hydrogen) atoms. The molecule has 0 fully saturated rings. The molecule has 0 bridgehead atoms. The highest BCUT2D eigenvalue weighted by molar-refractivity contribution is 5.77. The summed E-state index contributed by atoms with van der Waals surface area (Å²) in [7, 11) is 0. The van der Waals surface area contributed by atoms with Crippen molar-refractivity contribution < 1.29 is 22.4 Å². The van der Waals surface area contributed by atoms with Crippen molar-refractivity contribution in [3.05, 3.63) is 65.8 Å². The molecule has 0 unspecified atom stereocenters. The third kappa shape index (κ3) is 4.24. The number of halogens is 3. The Morgan fingerprint density at radius 2 is 1.81 bits per heavy atom. The highest BCUT2D eigenvalue weighted by atomic mass is 19.4. The number of nitrogens with zero attached hydrogens (tertiary/aromatic N) is 3. The van der Waals surface area contributed by atoms with Gasteiger partial charge in [-0.3, -0.25) is 9.78 Å². The van der Waals surface area contributed by atoms with Crippen LogP contribution in [-0.4, -0.2) is 21.1 Å². The highest BCUT2D eigenvalue weighted by Gasteiger charge is 2.32. The van der Waals surface area contributed by atoms with Crippen LogP contribution in [-0.2, 0) is 23.9 Å². The maximum absolute atomic E-state index is 12.9. The van der Waals surface area contributed by atoms with Gasteiger partial charge in [0.15, 0.2) is 0 Å². The van der Waals surface area contributed by atoms with E-state index in [1.54, 1.807) is 24.5 Å². The van der Waals surface area contributed by atoms with E-state index >= 15 is 0 Å². The Balaban J connectivity index is 1.62. The number of nitrogens with one attached hydrogen (secondary N) is 1. The first-order valence-corrected chi connectivity index (χ1v) is 7.58. The average Bonchev–Trinajstić information content (AvgIpc) is 3.09. The number of hydrogen-bond donors (Lipinski definition) is 1. The van der Waals surface area contributed by atoms with Crippen LogP contribution in [0, 0.1) is 0 Å². The molecule has 2 heterocycles. The summed E-state index contributed by atoms with van der Waals surface area (Å²) in [4.78, 5) is 15.8. The molecule has 0 saturated heterocycles. The fourth-order valence-electron chi connectivity index (χ4n) is 2.28. The molecule has 1 aromatic carbocycles. The normalized spacial score (nSPS) is 11.3. The maximum Gasteiger partial charge on any atom is 0.416 e. The van der Waals surface area contributed by atoms with Crippen LogP contribution in [0.1, 0.15) is 17.0 Å². The monoisotopic (exact) mass is 362 g/mol. The summed E-state index contributed by atoms with van der Waals surface area (Å²) in [5.74, 6) is -0.219. The molecule has 0 aliphatic rings. The lowest BCUT2D eigenvalue weighted by molar-refractivity contribution is -0.138. The summed E-state index contributed by atoms with van der Waals surface area (Å²) in [6.45, 7) is -0.250. The summed E-state index contributed by atoms with van der Waals surface area (Å²) < 4.78 is 44.2. The lowest BCUT2D eigenvalue weighted by Crippen LogP contribution is -2.26. The fraction of sp³-hybridized carbons (Fsp3) is 0.176. The van der Waals surface area contributed by atoms with Crippen LogP contribution in [0.2, 0.25) is 0 Å². The number of carbonyl (C=O) groups is 1. The number of rotatable bonds is 5. The summed E-state index contributed by atoms with van der Waals surface area (Å²) >= 11 is 0. The Labute approximate surface area is 146 Å². The molecule has 0 saturated carbocycles. The first-order valence-electron chi connectivity index (χ1n) is 7.58. The second-order valence-corrected chi connectivity index (χ2v) is 5.35. The fourth-order valence-corrected chi connectivity index (χ4v) is 2.28. The van der Waals surface area contributed by atoms with Gasteiger partial charge in [0, 0.05) is 24.5 Å². The Kier molecular flexibility index (Phi) is 4.97. The van der Waals surface area contributed by atoms with Crippen LogP contribution in [0.15, 0.2) is 53.2 Å². The number of alkyl halides is 3. The number of benzene rings is 1. The maximum atomic E-state index is 12.9. The lowest BCUT2D eigenvalue weighted by Gasteiger charge is -2.12. The molecular formula is C17H13F3N4O2. The van der Waals surface area contributed by atoms with E-state index in [-0.39, 0.29) is 30.3 Å². The summed E-state index contributed by atoms with van der Waals surface area (Å²) in [5, 5.41) is 10.0. The van der Waals surface area contributed by atoms with Gasteiger partial charge in [-0.15, -0.1) is 10.2 Å². The summed E-state index contributed by atoms with van der Waals surface area (Å²) in [6, 6.07) is 8.41. The molecule has 1 amide bonds. The van der Waals surface area contributed by atoms with E-state index in [9.17, 15) is 18.0 Å². The molecule has 9 heteroatoms. The zero-order chi connectivity index (χ0) is 18.6. The van der Waals surface area contributed by atoms with Crippen LogP contribution in [0.4, 0.5) is 13.2 Å². The Morgan fingerprint density at radius 3 is 2.54 bits per heavy atom. The number of aromatic nitrogens is 3. The van der Waals surface area contributed by atoms with Crippen molar-refractivity contribution in [2.75, 3.05) is 0 Å². The number of pyridine rings is 1. The standard InChI is InChI=1S/C17H13F3N4O2/c18-17(19,20)13-4-2-1-3-12(13)10-22-14(25)9-15-23-24-16(26-15)11-5-7-21-8-6-11/h1-8H,9-10H2,(H,22,25). The molecule has 134 valence electrons. The minimum absolute atomic E-state index is 0.0173. The van der Waals surface area contributed by atoms with Crippen molar-refractivity contribution in [3.63, 3.8) is 0 Å². The van der Waals surface area contributed by atoms with Crippen LogP contribution < -0.4 is 5.32 Å². The molecule has 3 rings (SSSR count). The number of amides is 1. The number of carbonyl (C=O) groups excluding carboxylic acids is 1.